The Labute approximate surface area is 123 Å². The maximum Gasteiger partial charge on any atom is 0.404 e. The van der Waals surface area contributed by atoms with Gasteiger partial charge in [0.05, 0.1) is 18.6 Å². The van der Waals surface area contributed by atoms with Crippen molar-refractivity contribution in [3.05, 3.63) is 58.8 Å². The second-order valence-corrected chi connectivity index (χ2v) is 4.34. The van der Waals surface area contributed by atoms with Crippen molar-refractivity contribution in [2.24, 2.45) is 0 Å². The first-order chi connectivity index (χ1) is 10.5. The first kappa shape index (κ1) is 15.4. The Kier molecular flexibility index (Phi) is 4.66. The van der Waals surface area contributed by atoms with Crippen LogP contribution >= 0.6 is 0 Å². The average Bonchev–Trinajstić information content (AvgIpc) is 2.85. The number of carboxylic acid groups (broad SMARTS) is 1. The Morgan fingerprint density at radius 3 is 2.64 bits per heavy atom. The van der Waals surface area contributed by atoms with Crippen LogP contribution in [0.15, 0.2) is 47.3 Å². The second-order valence-electron chi connectivity index (χ2n) is 4.34. The van der Waals surface area contributed by atoms with Crippen molar-refractivity contribution >= 4 is 6.09 Å². The summed E-state index contributed by atoms with van der Waals surface area (Å²) in [7, 11) is 0. The molecule has 9 heteroatoms. The number of halogens is 2. The average molecular weight is 310 g/mol. The summed E-state index contributed by atoms with van der Waals surface area (Å²) in [5, 5.41) is 14.3. The van der Waals surface area contributed by atoms with E-state index in [4.69, 9.17) is 5.11 Å². The van der Waals surface area contributed by atoms with Gasteiger partial charge in [0, 0.05) is 6.54 Å². The van der Waals surface area contributed by atoms with Gasteiger partial charge in [-0.05, 0) is 29.8 Å². The van der Waals surface area contributed by atoms with E-state index in [2.05, 4.69) is 5.10 Å². The van der Waals surface area contributed by atoms with Crippen LogP contribution in [-0.4, -0.2) is 32.1 Å². The van der Waals surface area contributed by atoms with Crippen LogP contribution < -0.4 is 11.0 Å². The number of hydrogen-bond acceptors (Lipinski definition) is 3. The number of hydrogen-bond donors (Lipinski definition) is 2. The van der Waals surface area contributed by atoms with Gasteiger partial charge in [-0.3, -0.25) is 0 Å². The number of carbonyl (C=O) groups is 1. The highest BCUT2D eigenvalue weighted by Gasteiger charge is 2.10. The lowest BCUT2D eigenvalue weighted by atomic mass is 10.3. The third-order valence-corrected chi connectivity index (χ3v) is 2.81. The standard InChI is InChI=1S/C13H12F2N4O3/c14-5-9(6-16-12(20)21)7-19-13(22)18(8-17-19)11-3-1-10(15)2-4-11/h1-5,8,16H,6-7H2,(H,20,21)/b9-5+. The Bertz CT molecular complexity index is 749. The highest BCUT2D eigenvalue weighted by molar-refractivity contribution is 5.64. The number of nitrogens with one attached hydrogen (secondary N) is 1. The minimum atomic E-state index is -1.30. The molecule has 0 atom stereocenters. The Morgan fingerprint density at radius 1 is 1.36 bits per heavy atom. The van der Waals surface area contributed by atoms with Gasteiger partial charge in [0.15, 0.2) is 0 Å². The van der Waals surface area contributed by atoms with E-state index in [1.165, 1.54) is 35.2 Å². The van der Waals surface area contributed by atoms with Gasteiger partial charge in [0.1, 0.15) is 12.1 Å². The number of aromatic nitrogens is 3. The van der Waals surface area contributed by atoms with Gasteiger partial charge in [-0.1, -0.05) is 0 Å². The minimum absolute atomic E-state index is 0.0360. The van der Waals surface area contributed by atoms with Gasteiger partial charge >= 0.3 is 11.8 Å². The quantitative estimate of drug-likeness (QED) is 0.871. The van der Waals surface area contributed by atoms with Crippen molar-refractivity contribution in [2.75, 3.05) is 6.54 Å². The number of rotatable bonds is 5. The summed E-state index contributed by atoms with van der Waals surface area (Å²) in [6.07, 6.45) is 0.138. The zero-order valence-corrected chi connectivity index (χ0v) is 11.2. The lowest BCUT2D eigenvalue weighted by Gasteiger charge is -2.05. The Morgan fingerprint density at radius 2 is 2.05 bits per heavy atom. The van der Waals surface area contributed by atoms with Crippen molar-refractivity contribution < 1.29 is 18.7 Å². The van der Waals surface area contributed by atoms with Crippen LogP contribution in [0, 0.1) is 5.82 Å². The Hall–Kier alpha value is -2.97. The van der Waals surface area contributed by atoms with Crippen molar-refractivity contribution in [3.63, 3.8) is 0 Å². The predicted molar refractivity (Wildman–Crippen MR) is 73.0 cm³/mol. The molecule has 116 valence electrons. The lowest BCUT2D eigenvalue weighted by molar-refractivity contribution is 0.195. The summed E-state index contributed by atoms with van der Waals surface area (Å²) in [5.74, 6) is -0.438. The molecule has 0 radical (unpaired) electrons. The summed E-state index contributed by atoms with van der Waals surface area (Å²) in [4.78, 5) is 22.5. The van der Waals surface area contributed by atoms with Gasteiger partial charge in [0.25, 0.3) is 0 Å². The molecule has 2 rings (SSSR count). The van der Waals surface area contributed by atoms with Gasteiger partial charge in [-0.15, -0.1) is 0 Å². The molecule has 0 saturated heterocycles. The molecule has 2 aromatic rings. The molecule has 1 aromatic heterocycles. The highest BCUT2D eigenvalue weighted by Crippen LogP contribution is 2.06. The van der Waals surface area contributed by atoms with Crippen LogP contribution in [0.3, 0.4) is 0 Å². The van der Waals surface area contributed by atoms with Crippen molar-refractivity contribution in [1.82, 2.24) is 19.7 Å². The highest BCUT2D eigenvalue weighted by atomic mass is 19.1. The molecule has 0 spiro atoms. The fourth-order valence-corrected chi connectivity index (χ4v) is 1.73. The zero-order chi connectivity index (χ0) is 16.1. The van der Waals surface area contributed by atoms with E-state index in [1.54, 1.807) is 0 Å². The van der Waals surface area contributed by atoms with Crippen molar-refractivity contribution in [1.29, 1.82) is 0 Å². The number of nitrogens with zero attached hydrogens (tertiary/aromatic N) is 3. The normalized spacial score (nSPS) is 11.5. The molecule has 22 heavy (non-hydrogen) atoms. The fourth-order valence-electron chi connectivity index (χ4n) is 1.73. The topological polar surface area (TPSA) is 89.2 Å². The summed E-state index contributed by atoms with van der Waals surface area (Å²) >= 11 is 0. The van der Waals surface area contributed by atoms with Crippen LogP contribution in [0.5, 0.6) is 0 Å². The molecule has 0 saturated carbocycles. The van der Waals surface area contributed by atoms with Crippen molar-refractivity contribution in [2.45, 2.75) is 6.54 Å². The van der Waals surface area contributed by atoms with E-state index in [1.807, 2.05) is 5.32 Å². The minimum Gasteiger partial charge on any atom is -0.465 e. The molecule has 7 nitrogen and oxygen atoms in total. The molecule has 2 N–H and O–H groups in total. The summed E-state index contributed by atoms with van der Waals surface area (Å²) in [6.45, 7) is -0.467. The van der Waals surface area contributed by atoms with E-state index in [0.29, 0.717) is 5.69 Å². The maximum absolute atomic E-state index is 12.9. The third-order valence-electron chi connectivity index (χ3n) is 2.81. The molecule has 0 bridgehead atoms. The summed E-state index contributed by atoms with van der Waals surface area (Å²) in [6, 6.07) is 5.20. The van der Waals surface area contributed by atoms with E-state index < -0.39 is 17.6 Å². The van der Waals surface area contributed by atoms with Gasteiger partial charge < -0.3 is 10.4 Å². The number of benzene rings is 1. The van der Waals surface area contributed by atoms with Crippen molar-refractivity contribution in [3.8, 4) is 5.69 Å². The smallest absolute Gasteiger partial charge is 0.404 e. The third kappa shape index (κ3) is 3.57. The van der Waals surface area contributed by atoms with Crippen LogP contribution in [0.2, 0.25) is 0 Å². The molecule has 0 fully saturated rings. The molecule has 0 aliphatic rings. The second kappa shape index (κ2) is 6.66. The molecular formula is C13H12F2N4O3. The summed E-state index contributed by atoms with van der Waals surface area (Å²) in [5.41, 5.74) is -0.109. The summed E-state index contributed by atoms with van der Waals surface area (Å²) < 4.78 is 27.7. The van der Waals surface area contributed by atoms with Gasteiger partial charge in [-0.2, -0.15) is 5.10 Å². The van der Waals surface area contributed by atoms with Crippen LogP contribution in [0.25, 0.3) is 5.69 Å². The number of amides is 1. The molecule has 1 aromatic carbocycles. The lowest BCUT2D eigenvalue weighted by Crippen LogP contribution is -2.29. The van der Waals surface area contributed by atoms with Crippen LogP contribution in [0.4, 0.5) is 13.6 Å². The molecule has 0 unspecified atom stereocenters. The largest absolute Gasteiger partial charge is 0.465 e. The molecule has 1 heterocycles. The van der Waals surface area contributed by atoms with Crippen LogP contribution in [-0.2, 0) is 6.54 Å². The van der Waals surface area contributed by atoms with E-state index in [0.717, 1.165) is 4.68 Å². The van der Waals surface area contributed by atoms with E-state index >= 15 is 0 Å². The first-order valence-corrected chi connectivity index (χ1v) is 6.16. The molecular weight excluding hydrogens is 298 g/mol. The van der Waals surface area contributed by atoms with Gasteiger partial charge in [0.2, 0.25) is 0 Å². The maximum atomic E-state index is 12.9. The van der Waals surface area contributed by atoms with E-state index in [-0.39, 0.29) is 25.0 Å². The molecule has 0 aliphatic carbocycles. The van der Waals surface area contributed by atoms with E-state index in [9.17, 15) is 18.4 Å². The monoisotopic (exact) mass is 310 g/mol. The molecule has 0 aliphatic heterocycles. The predicted octanol–water partition coefficient (Wildman–Crippen LogP) is 1.29. The first-order valence-electron chi connectivity index (χ1n) is 6.16. The SMILES string of the molecule is O=C(O)NC/C(=C\F)Cn1ncn(-c2ccc(F)cc2)c1=O. The molecule has 1 amide bonds. The fraction of sp³-hybridized carbons (Fsp3) is 0.154. The van der Waals surface area contributed by atoms with Gasteiger partial charge in [-0.25, -0.2) is 27.6 Å². The van der Waals surface area contributed by atoms with Crippen LogP contribution in [0.1, 0.15) is 0 Å². The Balaban J connectivity index is 2.19. The zero-order valence-electron chi connectivity index (χ0n) is 11.2.